The van der Waals surface area contributed by atoms with Crippen LogP contribution in [0, 0.1) is 0 Å². The molecule has 90 valence electrons. The summed E-state index contributed by atoms with van der Waals surface area (Å²) in [5.74, 6) is -0.227. The molecule has 1 aromatic carbocycles. The maximum Gasteiger partial charge on any atom is 0.302 e. The van der Waals surface area contributed by atoms with Crippen molar-refractivity contribution >= 4 is 17.6 Å². The molecule has 1 rings (SSSR count). The molecule has 0 atom stereocenters. The molecule has 5 heteroatoms. The molecule has 0 bridgehead atoms. The maximum absolute atomic E-state index is 10.5. The van der Waals surface area contributed by atoms with Gasteiger partial charge in [0.1, 0.15) is 19.7 Å². The van der Waals surface area contributed by atoms with Crippen molar-refractivity contribution in [1.82, 2.24) is 0 Å². The number of halogens is 2. The van der Waals surface area contributed by atoms with E-state index in [-0.39, 0.29) is 18.4 Å². The summed E-state index contributed by atoms with van der Waals surface area (Å²) in [5.41, 5.74) is 1.21. The fourth-order valence-electron chi connectivity index (χ4n) is 1.18. The fraction of sp³-hybridized carbons (Fsp3) is 0.364. The van der Waals surface area contributed by atoms with Gasteiger partial charge < -0.3 is 22.5 Å². The first-order chi connectivity index (χ1) is 7.18. The SMILES string of the molecule is CC(=O)OCC[NH2+]Cc1ccc(Cl)cc1.[Cl-]. The Kier molecular flexibility index (Phi) is 7.99. The molecule has 3 nitrogen and oxygen atoms in total. The second-order valence-corrected chi connectivity index (χ2v) is 3.68. The zero-order valence-corrected chi connectivity index (χ0v) is 10.6. The normalized spacial score (nSPS) is 9.38. The zero-order valence-electron chi connectivity index (χ0n) is 9.08. The van der Waals surface area contributed by atoms with Gasteiger partial charge in [0.15, 0.2) is 0 Å². The van der Waals surface area contributed by atoms with Crippen LogP contribution in [0.15, 0.2) is 24.3 Å². The molecule has 0 aromatic heterocycles. The van der Waals surface area contributed by atoms with E-state index in [0.29, 0.717) is 6.61 Å². The van der Waals surface area contributed by atoms with Gasteiger partial charge in [-0.05, 0) is 12.1 Å². The van der Waals surface area contributed by atoms with Crippen molar-refractivity contribution in [1.29, 1.82) is 0 Å². The molecule has 0 saturated heterocycles. The lowest BCUT2D eigenvalue weighted by molar-refractivity contribution is -0.671. The molecule has 0 amide bonds. The number of esters is 1. The van der Waals surface area contributed by atoms with Crippen LogP contribution in [0.25, 0.3) is 0 Å². The average molecular weight is 264 g/mol. The average Bonchev–Trinajstić information content (AvgIpc) is 2.20. The van der Waals surface area contributed by atoms with Gasteiger partial charge >= 0.3 is 5.97 Å². The Bertz CT molecular complexity index is 314. The van der Waals surface area contributed by atoms with Crippen molar-refractivity contribution in [2.45, 2.75) is 13.5 Å². The van der Waals surface area contributed by atoms with E-state index in [0.717, 1.165) is 18.1 Å². The first-order valence-electron chi connectivity index (χ1n) is 4.88. The minimum absolute atomic E-state index is 0. The van der Waals surface area contributed by atoms with Crippen LogP contribution in [-0.4, -0.2) is 19.1 Å². The minimum atomic E-state index is -0.227. The predicted octanol–water partition coefficient (Wildman–Crippen LogP) is -2.03. The molecule has 0 aliphatic carbocycles. The molecular formula is C11H15Cl2NO2. The predicted molar refractivity (Wildman–Crippen MR) is 58.6 cm³/mol. The smallest absolute Gasteiger partial charge is 0.302 e. The first kappa shape index (κ1) is 15.2. The Morgan fingerprint density at radius 2 is 2.00 bits per heavy atom. The van der Waals surface area contributed by atoms with Crippen LogP contribution in [0.1, 0.15) is 12.5 Å². The highest BCUT2D eigenvalue weighted by atomic mass is 35.5. The highest BCUT2D eigenvalue weighted by Crippen LogP contribution is 2.08. The Hall–Kier alpha value is -0.770. The minimum Gasteiger partial charge on any atom is -1.00 e. The van der Waals surface area contributed by atoms with Crippen LogP contribution >= 0.6 is 11.6 Å². The van der Waals surface area contributed by atoms with Gasteiger partial charge in [-0.2, -0.15) is 0 Å². The quantitative estimate of drug-likeness (QED) is 0.492. The van der Waals surface area contributed by atoms with Crippen LogP contribution in [-0.2, 0) is 16.1 Å². The van der Waals surface area contributed by atoms with Gasteiger partial charge in [0.05, 0.1) is 0 Å². The molecule has 0 aliphatic heterocycles. The summed E-state index contributed by atoms with van der Waals surface area (Å²) in [6, 6.07) is 7.73. The van der Waals surface area contributed by atoms with Crippen LogP contribution in [0.5, 0.6) is 0 Å². The Morgan fingerprint density at radius 1 is 1.38 bits per heavy atom. The summed E-state index contributed by atoms with van der Waals surface area (Å²) in [5, 5.41) is 2.84. The molecule has 0 spiro atoms. The molecule has 1 aromatic rings. The van der Waals surface area contributed by atoms with E-state index in [1.165, 1.54) is 12.5 Å². The number of ether oxygens (including phenoxy) is 1. The van der Waals surface area contributed by atoms with Gasteiger partial charge in [-0.25, -0.2) is 0 Å². The number of hydrogen-bond donors (Lipinski definition) is 1. The van der Waals surface area contributed by atoms with Gasteiger partial charge in [-0.3, -0.25) is 4.79 Å². The van der Waals surface area contributed by atoms with Crippen LogP contribution in [0.4, 0.5) is 0 Å². The largest absolute Gasteiger partial charge is 1.00 e. The Labute approximate surface area is 107 Å². The lowest BCUT2D eigenvalue weighted by Gasteiger charge is -2.02. The van der Waals surface area contributed by atoms with Crippen LogP contribution in [0.2, 0.25) is 5.02 Å². The number of carbonyl (C=O) groups is 1. The lowest BCUT2D eigenvalue weighted by Crippen LogP contribution is -3.00. The van der Waals surface area contributed by atoms with E-state index in [2.05, 4.69) is 5.32 Å². The summed E-state index contributed by atoms with van der Waals surface area (Å²) in [6.45, 7) is 3.53. The fourth-order valence-corrected chi connectivity index (χ4v) is 1.30. The Morgan fingerprint density at radius 3 is 2.56 bits per heavy atom. The van der Waals surface area contributed by atoms with E-state index in [9.17, 15) is 4.79 Å². The third kappa shape index (κ3) is 6.67. The maximum atomic E-state index is 10.5. The van der Waals surface area contributed by atoms with Gasteiger partial charge in [-0.1, -0.05) is 23.7 Å². The monoisotopic (exact) mass is 263 g/mol. The van der Waals surface area contributed by atoms with Crippen LogP contribution in [0.3, 0.4) is 0 Å². The molecule has 0 aliphatic rings. The second-order valence-electron chi connectivity index (χ2n) is 3.25. The number of benzene rings is 1. The molecule has 0 fully saturated rings. The van der Waals surface area contributed by atoms with E-state index in [1.54, 1.807) is 0 Å². The van der Waals surface area contributed by atoms with E-state index in [1.807, 2.05) is 24.3 Å². The van der Waals surface area contributed by atoms with E-state index >= 15 is 0 Å². The summed E-state index contributed by atoms with van der Waals surface area (Å²) < 4.78 is 4.81. The number of rotatable bonds is 5. The van der Waals surface area contributed by atoms with Gasteiger partial charge in [0.25, 0.3) is 0 Å². The van der Waals surface area contributed by atoms with Crippen molar-refractivity contribution in [3.63, 3.8) is 0 Å². The molecule has 2 N–H and O–H groups in total. The van der Waals surface area contributed by atoms with Crippen molar-refractivity contribution in [2.75, 3.05) is 13.2 Å². The summed E-state index contributed by atoms with van der Waals surface area (Å²) in [4.78, 5) is 10.5. The molecule has 0 radical (unpaired) electrons. The number of quaternary nitrogens is 1. The topological polar surface area (TPSA) is 42.9 Å². The molecule has 0 heterocycles. The number of carbonyl (C=O) groups excluding carboxylic acids is 1. The van der Waals surface area contributed by atoms with Crippen molar-refractivity contribution in [2.24, 2.45) is 0 Å². The molecule has 16 heavy (non-hydrogen) atoms. The third-order valence-electron chi connectivity index (χ3n) is 1.92. The number of nitrogens with two attached hydrogens (primary N) is 1. The summed E-state index contributed by atoms with van der Waals surface area (Å²) in [7, 11) is 0. The number of hydrogen-bond acceptors (Lipinski definition) is 2. The first-order valence-corrected chi connectivity index (χ1v) is 5.26. The molecular weight excluding hydrogens is 249 g/mol. The van der Waals surface area contributed by atoms with E-state index in [4.69, 9.17) is 16.3 Å². The second kappa shape index (κ2) is 8.39. The zero-order chi connectivity index (χ0) is 11.1. The summed E-state index contributed by atoms with van der Waals surface area (Å²) >= 11 is 5.76. The van der Waals surface area contributed by atoms with Crippen LogP contribution < -0.4 is 17.7 Å². The Balaban J connectivity index is 0.00000225. The highest BCUT2D eigenvalue weighted by Gasteiger charge is 1.97. The van der Waals surface area contributed by atoms with Crippen molar-refractivity contribution < 1.29 is 27.3 Å². The highest BCUT2D eigenvalue weighted by molar-refractivity contribution is 6.30. The van der Waals surface area contributed by atoms with Gasteiger partial charge in [0.2, 0.25) is 0 Å². The van der Waals surface area contributed by atoms with Crippen molar-refractivity contribution in [3.8, 4) is 0 Å². The van der Waals surface area contributed by atoms with Crippen molar-refractivity contribution in [3.05, 3.63) is 34.9 Å². The molecule has 0 saturated carbocycles. The lowest BCUT2D eigenvalue weighted by atomic mass is 10.2. The third-order valence-corrected chi connectivity index (χ3v) is 2.17. The van der Waals surface area contributed by atoms with Gasteiger partial charge in [0, 0.05) is 17.5 Å². The standard InChI is InChI=1S/C11H14ClNO2.ClH/c1-9(14)15-7-6-13-8-10-2-4-11(12)5-3-10;/h2-5,13H,6-8H2,1H3;1H. The van der Waals surface area contributed by atoms with Gasteiger partial charge in [-0.15, -0.1) is 0 Å². The summed E-state index contributed by atoms with van der Waals surface area (Å²) in [6.07, 6.45) is 0. The van der Waals surface area contributed by atoms with E-state index < -0.39 is 0 Å². The molecule has 0 unspecified atom stereocenters.